The van der Waals surface area contributed by atoms with Crippen LogP contribution in [0.2, 0.25) is 0 Å². The van der Waals surface area contributed by atoms with E-state index in [1.165, 1.54) is 29.6 Å². The molecule has 144 valence electrons. The first-order valence-electron chi connectivity index (χ1n) is 7.74. The van der Waals surface area contributed by atoms with Crippen molar-refractivity contribution in [1.29, 1.82) is 0 Å². The molecule has 12 heteroatoms. The summed E-state index contributed by atoms with van der Waals surface area (Å²) in [6.45, 7) is 1.02. The van der Waals surface area contributed by atoms with Gasteiger partial charge in [0.25, 0.3) is 11.8 Å². The van der Waals surface area contributed by atoms with E-state index in [-0.39, 0.29) is 23.8 Å². The summed E-state index contributed by atoms with van der Waals surface area (Å²) in [7, 11) is 1.59. The minimum absolute atomic E-state index is 0.195. The number of hydrogen-bond acceptors (Lipinski definition) is 7. The lowest BCUT2D eigenvalue weighted by Crippen LogP contribution is -2.70. The molecule has 0 unspecified atom stereocenters. The Hall–Kier alpha value is -2.34. The number of aromatic nitrogens is 2. The van der Waals surface area contributed by atoms with Gasteiger partial charge in [-0.3, -0.25) is 24.0 Å². The van der Waals surface area contributed by atoms with E-state index in [0.717, 1.165) is 4.90 Å². The number of hydrogen-bond donors (Lipinski definition) is 2. The molecule has 1 aromatic rings. The molecule has 0 saturated carbocycles. The van der Waals surface area contributed by atoms with Gasteiger partial charge in [-0.2, -0.15) is 5.10 Å². The van der Waals surface area contributed by atoms with Crippen LogP contribution in [-0.4, -0.2) is 67.3 Å². The Morgan fingerprint density at radius 2 is 2.19 bits per heavy atom. The van der Waals surface area contributed by atoms with Crippen molar-refractivity contribution in [2.45, 2.75) is 18.3 Å². The van der Waals surface area contributed by atoms with Crippen molar-refractivity contribution in [3.8, 4) is 0 Å². The molecule has 3 heterocycles. The molecule has 10 nitrogen and oxygen atoms in total. The lowest BCUT2D eigenvalue weighted by molar-refractivity contribution is -0.149. The number of amides is 2. The van der Waals surface area contributed by atoms with E-state index >= 15 is 0 Å². The number of ether oxygens (including phenoxy) is 1. The summed E-state index contributed by atoms with van der Waals surface area (Å²) < 4.78 is 6.73. The molecule has 1 saturated heterocycles. The van der Waals surface area contributed by atoms with Gasteiger partial charge in [0.05, 0.1) is 10.7 Å². The maximum Gasteiger partial charge on any atom is 0.352 e. The summed E-state index contributed by atoms with van der Waals surface area (Å²) in [5.74, 6) is -2.58. The fourth-order valence-electron chi connectivity index (χ4n) is 2.86. The number of aryl methyl sites for hydroxylation is 1. The first-order valence-corrected chi connectivity index (χ1v) is 9.58. The summed E-state index contributed by atoms with van der Waals surface area (Å²) in [6.07, 6.45) is 1.46. The predicted molar refractivity (Wildman–Crippen MR) is 96.5 cm³/mol. The number of nitrogens with zero attached hydrogens (tertiary/aromatic N) is 3. The molecule has 0 bridgehead atoms. The minimum atomic E-state index is -1.28. The number of carboxylic acid groups (broad SMARTS) is 1. The van der Waals surface area contributed by atoms with Crippen molar-refractivity contribution in [1.82, 2.24) is 20.0 Å². The van der Waals surface area contributed by atoms with Gasteiger partial charge in [0.2, 0.25) is 0 Å². The zero-order chi connectivity index (χ0) is 19.9. The average Bonchev–Trinajstić information content (AvgIpc) is 2.94. The van der Waals surface area contributed by atoms with Gasteiger partial charge < -0.3 is 15.2 Å². The molecule has 1 fully saturated rings. The van der Waals surface area contributed by atoms with Crippen LogP contribution in [0.4, 0.5) is 0 Å². The molecule has 2 atom stereocenters. The Labute approximate surface area is 166 Å². The van der Waals surface area contributed by atoms with Gasteiger partial charge in [0.15, 0.2) is 0 Å². The highest BCUT2D eigenvalue weighted by Gasteiger charge is 2.54. The molecule has 2 aliphatic rings. The number of esters is 1. The van der Waals surface area contributed by atoms with Crippen LogP contribution in [0.5, 0.6) is 0 Å². The number of carbonyl (C=O) groups excluding carboxylic acids is 3. The number of fused-ring (bicyclic) bond motifs is 1. The summed E-state index contributed by atoms with van der Waals surface area (Å²) in [5.41, 5.74) is 0.398. The Balaban J connectivity index is 1.78. The molecule has 2 aliphatic heterocycles. The van der Waals surface area contributed by atoms with E-state index in [0.29, 0.717) is 10.0 Å². The molecule has 27 heavy (non-hydrogen) atoms. The van der Waals surface area contributed by atoms with E-state index < -0.39 is 35.2 Å². The van der Waals surface area contributed by atoms with Gasteiger partial charge in [0.1, 0.15) is 29.4 Å². The molecular formula is C15H15BrN4O6S. The lowest BCUT2D eigenvalue weighted by atomic mass is 10.0. The SMILES string of the molecule is CC(=O)OCC1=C(C(=O)O)N2C(=O)[C@@H](NC(=O)c3c(Br)cnn3C)[C@H]2SC1. The Bertz CT molecular complexity index is 862. The van der Waals surface area contributed by atoms with Crippen LogP contribution in [0.3, 0.4) is 0 Å². The first kappa shape index (κ1) is 19.4. The second-order valence-electron chi connectivity index (χ2n) is 5.86. The minimum Gasteiger partial charge on any atom is -0.477 e. The lowest BCUT2D eigenvalue weighted by Gasteiger charge is -2.49. The van der Waals surface area contributed by atoms with Gasteiger partial charge in [-0.15, -0.1) is 11.8 Å². The fourth-order valence-corrected chi connectivity index (χ4v) is 4.71. The summed E-state index contributed by atoms with van der Waals surface area (Å²) in [5, 5.41) is 15.5. The topological polar surface area (TPSA) is 131 Å². The maximum atomic E-state index is 12.5. The molecule has 2 amide bonds. The van der Waals surface area contributed by atoms with E-state index in [4.69, 9.17) is 4.74 Å². The third-order valence-electron chi connectivity index (χ3n) is 4.10. The normalized spacial score (nSPS) is 21.4. The Kier molecular flexibility index (Phi) is 5.29. The second kappa shape index (κ2) is 7.35. The van der Waals surface area contributed by atoms with Gasteiger partial charge in [-0.05, 0) is 15.9 Å². The van der Waals surface area contributed by atoms with Crippen LogP contribution in [0.15, 0.2) is 21.9 Å². The van der Waals surface area contributed by atoms with Crippen LogP contribution in [0.25, 0.3) is 0 Å². The fraction of sp³-hybridized carbons (Fsp3) is 0.400. The first-order chi connectivity index (χ1) is 12.7. The van der Waals surface area contributed by atoms with Crippen LogP contribution in [0, 0.1) is 0 Å². The highest BCUT2D eigenvalue weighted by molar-refractivity contribution is 9.10. The van der Waals surface area contributed by atoms with Gasteiger partial charge in [-0.25, -0.2) is 4.79 Å². The molecule has 1 aromatic heterocycles. The van der Waals surface area contributed by atoms with Gasteiger partial charge in [-0.1, -0.05) is 0 Å². The standard InChI is InChI=1S/C15H15BrN4O6S/c1-6(21)26-4-7-5-27-14-9(13(23)20(14)10(7)15(24)25)18-12(22)11-8(16)3-17-19(11)2/h3,9,14H,4-5H2,1-2H3,(H,18,22)(H,24,25)/t9-,14-/m1/s1. The summed E-state index contributed by atoms with van der Waals surface area (Å²) in [6, 6.07) is -0.853. The number of rotatable bonds is 5. The zero-order valence-electron chi connectivity index (χ0n) is 14.3. The smallest absolute Gasteiger partial charge is 0.352 e. The van der Waals surface area contributed by atoms with E-state index in [2.05, 4.69) is 26.3 Å². The second-order valence-corrected chi connectivity index (χ2v) is 7.82. The summed E-state index contributed by atoms with van der Waals surface area (Å²) in [4.78, 5) is 48.7. The van der Waals surface area contributed by atoms with Crippen molar-refractivity contribution < 1.29 is 29.0 Å². The zero-order valence-corrected chi connectivity index (χ0v) is 16.7. The monoisotopic (exact) mass is 458 g/mol. The Morgan fingerprint density at radius 1 is 1.48 bits per heavy atom. The van der Waals surface area contributed by atoms with Gasteiger partial charge in [0, 0.05) is 25.3 Å². The highest BCUT2D eigenvalue weighted by Crippen LogP contribution is 2.40. The quantitative estimate of drug-likeness (QED) is 0.468. The van der Waals surface area contributed by atoms with Crippen molar-refractivity contribution in [2.75, 3.05) is 12.4 Å². The molecule has 3 rings (SSSR count). The van der Waals surface area contributed by atoms with Crippen molar-refractivity contribution in [3.05, 3.63) is 27.6 Å². The van der Waals surface area contributed by atoms with Crippen molar-refractivity contribution in [2.24, 2.45) is 7.05 Å². The number of β-lactam (4-membered cyclic amide) rings is 1. The van der Waals surface area contributed by atoms with E-state index in [9.17, 15) is 24.3 Å². The number of halogens is 1. The molecule has 0 aromatic carbocycles. The molecule has 2 N–H and O–H groups in total. The predicted octanol–water partition coefficient (Wildman–Crippen LogP) is 0.0979. The third-order valence-corrected chi connectivity index (χ3v) is 6.02. The molecule has 0 spiro atoms. The van der Waals surface area contributed by atoms with E-state index in [1.807, 2.05) is 0 Å². The number of nitrogens with one attached hydrogen (secondary N) is 1. The third kappa shape index (κ3) is 3.46. The largest absolute Gasteiger partial charge is 0.477 e. The van der Waals surface area contributed by atoms with Gasteiger partial charge >= 0.3 is 11.9 Å². The maximum absolute atomic E-state index is 12.5. The van der Waals surface area contributed by atoms with Crippen molar-refractivity contribution >= 4 is 51.4 Å². The van der Waals surface area contributed by atoms with Crippen LogP contribution in [0.1, 0.15) is 17.4 Å². The number of thioether (sulfide) groups is 1. The number of aliphatic carboxylic acids is 1. The number of carbonyl (C=O) groups is 4. The molecular weight excluding hydrogens is 444 g/mol. The highest BCUT2D eigenvalue weighted by atomic mass is 79.9. The van der Waals surface area contributed by atoms with Crippen LogP contribution in [-0.2, 0) is 26.2 Å². The Morgan fingerprint density at radius 3 is 2.74 bits per heavy atom. The molecule has 0 radical (unpaired) electrons. The van der Waals surface area contributed by atoms with E-state index in [1.54, 1.807) is 7.05 Å². The van der Waals surface area contributed by atoms with Crippen LogP contribution >= 0.6 is 27.7 Å². The number of carboxylic acids is 1. The molecule has 0 aliphatic carbocycles. The summed E-state index contributed by atoms with van der Waals surface area (Å²) >= 11 is 4.52. The van der Waals surface area contributed by atoms with Crippen molar-refractivity contribution in [3.63, 3.8) is 0 Å². The average molecular weight is 459 g/mol. The van der Waals surface area contributed by atoms with Crippen LogP contribution < -0.4 is 5.32 Å².